The zero-order valence-electron chi connectivity index (χ0n) is 23.5. The number of benzene rings is 2. The van der Waals surface area contributed by atoms with Crippen molar-refractivity contribution in [3.8, 4) is 5.75 Å². The molecule has 39 heavy (non-hydrogen) atoms. The Bertz CT molecular complexity index is 1170. The van der Waals surface area contributed by atoms with Crippen molar-refractivity contribution in [3.05, 3.63) is 60.2 Å². The largest absolute Gasteiger partial charge is 0.492 e. The molecule has 2 aromatic carbocycles. The van der Waals surface area contributed by atoms with Crippen molar-refractivity contribution in [1.29, 1.82) is 0 Å². The molecule has 1 aliphatic rings. The van der Waals surface area contributed by atoms with Gasteiger partial charge in [0.25, 0.3) is 0 Å². The standard InChI is InChI=1S/C30H43N3O5S/c1-4-38-28-19-12-11-18-27(28)33(39(3,36)37)22-13-20-29(34)32(23-21-25-14-7-5-8-15-25)24(2)30(35)31-26-16-9-6-10-17-26/h5,7-8,11-12,14-15,18-19,24,26H,4,6,9-10,13,16-17,20-23H2,1-3H3,(H,31,35). The average molecular weight is 558 g/mol. The quantitative estimate of drug-likeness (QED) is 0.368. The molecule has 0 bridgehead atoms. The Balaban J connectivity index is 1.70. The molecule has 0 spiro atoms. The zero-order valence-corrected chi connectivity index (χ0v) is 24.3. The molecule has 0 aromatic heterocycles. The second-order valence-corrected chi connectivity index (χ2v) is 12.1. The molecule has 0 heterocycles. The molecule has 1 fully saturated rings. The lowest BCUT2D eigenvalue weighted by atomic mass is 9.95. The van der Waals surface area contributed by atoms with Crippen LogP contribution in [0.25, 0.3) is 0 Å². The molecule has 1 N–H and O–H groups in total. The maximum atomic E-state index is 13.5. The number of amides is 2. The molecule has 1 unspecified atom stereocenters. The molecule has 3 rings (SSSR count). The van der Waals surface area contributed by atoms with Gasteiger partial charge in [0.15, 0.2) is 0 Å². The van der Waals surface area contributed by atoms with Crippen molar-refractivity contribution in [2.75, 3.05) is 30.3 Å². The van der Waals surface area contributed by atoms with E-state index in [0.717, 1.165) is 37.5 Å². The SMILES string of the molecule is CCOc1ccccc1N(CCCC(=O)N(CCc1ccccc1)C(C)C(=O)NC1CCCCC1)S(C)(=O)=O. The Labute approximate surface area is 233 Å². The molecular formula is C30H43N3O5S. The van der Waals surface area contributed by atoms with E-state index >= 15 is 0 Å². The van der Waals surface area contributed by atoms with Gasteiger partial charge in [-0.05, 0) is 57.2 Å². The number of hydrogen-bond donors (Lipinski definition) is 1. The van der Waals surface area contributed by atoms with Crippen molar-refractivity contribution >= 4 is 27.5 Å². The predicted octanol–water partition coefficient (Wildman–Crippen LogP) is 4.54. The number of rotatable bonds is 14. The number of anilines is 1. The van der Waals surface area contributed by atoms with Crippen LogP contribution in [0.5, 0.6) is 5.75 Å². The number of nitrogens with zero attached hydrogens (tertiary/aromatic N) is 2. The highest BCUT2D eigenvalue weighted by Gasteiger charge is 2.28. The first-order valence-corrected chi connectivity index (χ1v) is 15.9. The highest BCUT2D eigenvalue weighted by atomic mass is 32.2. The Kier molecular flexibility index (Phi) is 11.7. The number of nitrogens with one attached hydrogen (secondary N) is 1. The molecule has 9 heteroatoms. The van der Waals surface area contributed by atoms with Gasteiger partial charge in [0, 0.05) is 25.6 Å². The summed E-state index contributed by atoms with van der Waals surface area (Å²) in [6.45, 7) is 4.57. The van der Waals surface area contributed by atoms with Gasteiger partial charge in [-0.2, -0.15) is 0 Å². The number of para-hydroxylation sites is 2. The Morgan fingerprint density at radius 2 is 1.67 bits per heavy atom. The molecule has 0 aliphatic heterocycles. The first kappa shape index (κ1) is 30.5. The average Bonchev–Trinajstić information content (AvgIpc) is 2.92. The van der Waals surface area contributed by atoms with E-state index < -0.39 is 16.1 Å². The molecule has 2 aromatic rings. The number of sulfonamides is 1. The van der Waals surface area contributed by atoms with Crippen molar-refractivity contribution in [2.45, 2.75) is 77.3 Å². The summed E-state index contributed by atoms with van der Waals surface area (Å²) in [7, 11) is -3.61. The van der Waals surface area contributed by atoms with E-state index in [9.17, 15) is 18.0 Å². The summed E-state index contributed by atoms with van der Waals surface area (Å²) in [4.78, 5) is 28.3. The molecule has 1 atom stereocenters. The van der Waals surface area contributed by atoms with E-state index in [1.807, 2.05) is 37.3 Å². The number of hydrogen-bond acceptors (Lipinski definition) is 5. The highest BCUT2D eigenvalue weighted by molar-refractivity contribution is 7.92. The van der Waals surface area contributed by atoms with Crippen LogP contribution in [0.4, 0.5) is 5.69 Å². The number of carbonyl (C=O) groups excluding carboxylic acids is 2. The molecular weight excluding hydrogens is 514 g/mol. The van der Waals surface area contributed by atoms with Gasteiger partial charge < -0.3 is 15.0 Å². The molecule has 1 aliphatic carbocycles. The Morgan fingerprint density at radius 3 is 2.33 bits per heavy atom. The van der Waals surface area contributed by atoms with E-state index in [-0.39, 0.29) is 30.8 Å². The summed E-state index contributed by atoms with van der Waals surface area (Å²) in [6, 6.07) is 16.4. The maximum Gasteiger partial charge on any atom is 0.242 e. The third kappa shape index (κ3) is 9.27. The second kappa shape index (κ2) is 14.9. The number of carbonyl (C=O) groups is 2. The van der Waals surface area contributed by atoms with Crippen LogP contribution >= 0.6 is 0 Å². The van der Waals surface area contributed by atoms with Gasteiger partial charge in [0.05, 0.1) is 18.6 Å². The van der Waals surface area contributed by atoms with Crippen molar-refractivity contribution in [3.63, 3.8) is 0 Å². The van der Waals surface area contributed by atoms with Crippen LogP contribution in [-0.2, 0) is 26.0 Å². The summed E-state index contributed by atoms with van der Waals surface area (Å²) >= 11 is 0. The van der Waals surface area contributed by atoms with Crippen LogP contribution in [0.15, 0.2) is 54.6 Å². The van der Waals surface area contributed by atoms with Gasteiger partial charge in [-0.15, -0.1) is 0 Å². The van der Waals surface area contributed by atoms with Gasteiger partial charge in [-0.1, -0.05) is 61.7 Å². The first-order chi connectivity index (χ1) is 18.7. The number of ether oxygens (including phenoxy) is 1. The Hall–Kier alpha value is -3.07. The third-order valence-electron chi connectivity index (χ3n) is 7.19. The highest BCUT2D eigenvalue weighted by Crippen LogP contribution is 2.30. The lowest BCUT2D eigenvalue weighted by molar-refractivity contribution is -0.140. The summed E-state index contributed by atoms with van der Waals surface area (Å²) in [5, 5.41) is 3.15. The van der Waals surface area contributed by atoms with Gasteiger partial charge in [0.1, 0.15) is 11.8 Å². The third-order valence-corrected chi connectivity index (χ3v) is 8.37. The van der Waals surface area contributed by atoms with Crippen molar-refractivity contribution in [2.24, 2.45) is 0 Å². The molecule has 1 saturated carbocycles. The van der Waals surface area contributed by atoms with E-state index in [4.69, 9.17) is 4.74 Å². The molecule has 0 saturated heterocycles. The lowest BCUT2D eigenvalue weighted by Gasteiger charge is -2.31. The van der Waals surface area contributed by atoms with Crippen LogP contribution in [-0.4, -0.2) is 63.2 Å². The van der Waals surface area contributed by atoms with Gasteiger partial charge in [-0.25, -0.2) is 8.42 Å². The lowest BCUT2D eigenvalue weighted by Crippen LogP contribution is -2.51. The first-order valence-electron chi connectivity index (χ1n) is 14.0. The Morgan fingerprint density at radius 1 is 1.00 bits per heavy atom. The van der Waals surface area contributed by atoms with Crippen LogP contribution in [0.2, 0.25) is 0 Å². The van der Waals surface area contributed by atoms with Crippen LogP contribution in [0, 0.1) is 0 Å². The van der Waals surface area contributed by atoms with Crippen LogP contribution < -0.4 is 14.4 Å². The van der Waals surface area contributed by atoms with Crippen molar-refractivity contribution < 1.29 is 22.7 Å². The normalized spacial score (nSPS) is 14.8. The zero-order chi connectivity index (χ0) is 28.3. The fourth-order valence-electron chi connectivity index (χ4n) is 5.06. The second-order valence-electron chi connectivity index (χ2n) is 10.2. The minimum absolute atomic E-state index is 0.124. The fraction of sp³-hybridized carbons (Fsp3) is 0.533. The summed E-state index contributed by atoms with van der Waals surface area (Å²) in [5.41, 5.74) is 1.54. The molecule has 8 nitrogen and oxygen atoms in total. The van der Waals surface area contributed by atoms with Gasteiger partial charge in [0.2, 0.25) is 21.8 Å². The molecule has 2 amide bonds. The fourth-order valence-corrected chi connectivity index (χ4v) is 6.03. The van der Waals surface area contributed by atoms with Crippen LogP contribution in [0.1, 0.15) is 64.4 Å². The van der Waals surface area contributed by atoms with Crippen molar-refractivity contribution in [1.82, 2.24) is 10.2 Å². The minimum Gasteiger partial charge on any atom is -0.492 e. The van der Waals surface area contributed by atoms with Gasteiger partial charge in [-0.3, -0.25) is 13.9 Å². The monoisotopic (exact) mass is 557 g/mol. The smallest absolute Gasteiger partial charge is 0.242 e. The summed E-state index contributed by atoms with van der Waals surface area (Å²) in [6.07, 6.45) is 7.58. The van der Waals surface area contributed by atoms with E-state index in [0.29, 0.717) is 37.4 Å². The van der Waals surface area contributed by atoms with E-state index in [1.165, 1.54) is 10.7 Å². The summed E-state index contributed by atoms with van der Waals surface area (Å²) in [5.74, 6) is 0.185. The van der Waals surface area contributed by atoms with E-state index in [1.54, 1.807) is 36.1 Å². The summed E-state index contributed by atoms with van der Waals surface area (Å²) < 4.78 is 32.3. The van der Waals surface area contributed by atoms with E-state index in [2.05, 4.69) is 5.32 Å². The predicted molar refractivity (Wildman–Crippen MR) is 155 cm³/mol. The minimum atomic E-state index is -3.61. The maximum absolute atomic E-state index is 13.5. The molecule has 0 radical (unpaired) electrons. The van der Waals surface area contributed by atoms with Gasteiger partial charge >= 0.3 is 0 Å². The molecule has 214 valence electrons. The topological polar surface area (TPSA) is 96.0 Å². The van der Waals surface area contributed by atoms with Crippen LogP contribution in [0.3, 0.4) is 0 Å².